The number of rotatable bonds is 7. The van der Waals surface area contributed by atoms with Gasteiger partial charge in [0.2, 0.25) is 5.91 Å². The number of likely N-dealkylation sites (tertiary alicyclic amines) is 1. The molecule has 0 aliphatic carbocycles. The van der Waals surface area contributed by atoms with Gasteiger partial charge >= 0.3 is 6.03 Å². The van der Waals surface area contributed by atoms with Gasteiger partial charge in [-0.25, -0.2) is 4.79 Å². The number of aromatic nitrogens is 2. The molecule has 2 aliphatic heterocycles. The van der Waals surface area contributed by atoms with E-state index in [2.05, 4.69) is 20.4 Å². The molecule has 0 bridgehead atoms. The summed E-state index contributed by atoms with van der Waals surface area (Å²) in [5.74, 6) is 0.793. The molecule has 3 amide bonds. The lowest BCUT2D eigenvalue weighted by Crippen LogP contribution is -2.55. The summed E-state index contributed by atoms with van der Waals surface area (Å²) in [5.41, 5.74) is 3.67. The minimum atomic E-state index is -0.303. The van der Waals surface area contributed by atoms with E-state index in [1.807, 2.05) is 64.5 Å². The summed E-state index contributed by atoms with van der Waals surface area (Å²) in [6, 6.07) is 16.0. The van der Waals surface area contributed by atoms with Crippen molar-refractivity contribution >= 4 is 17.6 Å². The summed E-state index contributed by atoms with van der Waals surface area (Å²) in [7, 11) is 3.31. The van der Waals surface area contributed by atoms with E-state index in [0.29, 0.717) is 19.6 Å². The smallest absolute Gasteiger partial charge is 0.325 e. The Morgan fingerprint density at radius 2 is 1.92 bits per heavy atom. The van der Waals surface area contributed by atoms with Crippen molar-refractivity contribution in [3.8, 4) is 16.9 Å². The molecule has 2 aromatic carbocycles. The van der Waals surface area contributed by atoms with E-state index in [1.54, 1.807) is 20.4 Å². The van der Waals surface area contributed by atoms with Crippen LogP contribution in [-0.2, 0) is 11.3 Å². The Balaban J connectivity index is 1.41. The van der Waals surface area contributed by atoms with Crippen LogP contribution in [0.4, 0.5) is 10.5 Å². The van der Waals surface area contributed by atoms with Gasteiger partial charge < -0.3 is 15.0 Å². The van der Waals surface area contributed by atoms with Gasteiger partial charge in [-0.05, 0) is 48.2 Å². The number of ether oxygens (including phenoxy) is 1. The number of hydrogen-bond acceptors (Lipinski definition) is 5. The Morgan fingerprint density at radius 3 is 2.58 bits per heavy atom. The standard InChI is InChI=1S/C27H32N6O3/c1-28-25(34)18-31-12-10-27(11-13-31)19-32(23-8-6-21(7-9-23)22-15-29-30-16-22)26(35)33(27)17-20-4-3-5-24(14-20)36-2/h3-9,14-16H,10-13,17-19H2,1-2H3,(H,28,34)(H,29,30). The minimum absolute atomic E-state index is 0.00799. The first-order chi connectivity index (χ1) is 17.5. The molecule has 0 atom stereocenters. The van der Waals surface area contributed by atoms with E-state index < -0.39 is 0 Å². The van der Waals surface area contributed by atoms with Crippen LogP contribution in [0.3, 0.4) is 0 Å². The number of nitrogens with zero attached hydrogens (tertiary/aromatic N) is 4. The number of carbonyl (C=O) groups excluding carboxylic acids is 2. The molecule has 2 aliphatic rings. The Kier molecular flexibility index (Phi) is 6.65. The lowest BCUT2D eigenvalue weighted by Gasteiger charge is -2.43. The highest BCUT2D eigenvalue weighted by Gasteiger charge is 2.51. The topological polar surface area (TPSA) is 93.8 Å². The number of hydrogen-bond donors (Lipinski definition) is 2. The number of piperidine rings is 1. The third-order valence-electron chi connectivity index (χ3n) is 7.41. The molecule has 3 heterocycles. The highest BCUT2D eigenvalue weighted by atomic mass is 16.5. The largest absolute Gasteiger partial charge is 0.497 e. The fraction of sp³-hybridized carbons (Fsp3) is 0.370. The van der Waals surface area contributed by atoms with Gasteiger partial charge in [-0.3, -0.25) is 19.7 Å². The van der Waals surface area contributed by atoms with Crippen molar-refractivity contribution in [2.75, 3.05) is 45.2 Å². The Hall–Kier alpha value is -3.85. The zero-order valence-electron chi connectivity index (χ0n) is 20.7. The van der Waals surface area contributed by atoms with Crippen LogP contribution in [-0.4, -0.2) is 77.8 Å². The Bertz CT molecular complexity index is 1200. The molecule has 0 unspecified atom stereocenters. The first-order valence-electron chi connectivity index (χ1n) is 12.3. The minimum Gasteiger partial charge on any atom is -0.497 e. The van der Waals surface area contributed by atoms with E-state index in [9.17, 15) is 9.59 Å². The number of methoxy groups -OCH3 is 1. The number of benzene rings is 2. The van der Waals surface area contributed by atoms with Crippen LogP contribution >= 0.6 is 0 Å². The Labute approximate surface area is 211 Å². The third-order valence-corrected chi connectivity index (χ3v) is 7.41. The van der Waals surface area contributed by atoms with Gasteiger partial charge in [0.1, 0.15) is 5.75 Å². The van der Waals surface area contributed by atoms with Crippen molar-refractivity contribution in [1.82, 2.24) is 25.3 Å². The van der Waals surface area contributed by atoms with Crippen LogP contribution in [0.2, 0.25) is 0 Å². The lowest BCUT2D eigenvalue weighted by molar-refractivity contribution is -0.122. The number of carbonyl (C=O) groups is 2. The van der Waals surface area contributed by atoms with Crippen LogP contribution in [0.5, 0.6) is 5.75 Å². The van der Waals surface area contributed by atoms with Gasteiger partial charge in [0, 0.05) is 44.1 Å². The van der Waals surface area contributed by atoms with Crippen molar-refractivity contribution in [3.05, 3.63) is 66.5 Å². The lowest BCUT2D eigenvalue weighted by atomic mass is 9.86. The number of nitrogens with one attached hydrogen (secondary N) is 2. The maximum absolute atomic E-state index is 13.9. The van der Waals surface area contributed by atoms with Crippen molar-refractivity contribution in [1.29, 1.82) is 0 Å². The van der Waals surface area contributed by atoms with E-state index in [4.69, 9.17) is 4.74 Å². The van der Waals surface area contributed by atoms with Crippen LogP contribution in [0.25, 0.3) is 11.1 Å². The summed E-state index contributed by atoms with van der Waals surface area (Å²) >= 11 is 0. The fourth-order valence-electron chi connectivity index (χ4n) is 5.27. The average molecular weight is 489 g/mol. The first kappa shape index (κ1) is 23.9. The molecular weight excluding hydrogens is 456 g/mol. The van der Waals surface area contributed by atoms with E-state index in [0.717, 1.165) is 54.1 Å². The number of amides is 3. The second-order valence-corrected chi connectivity index (χ2v) is 9.51. The highest BCUT2D eigenvalue weighted by Crippen LogP contribution is 2.40. The number of H-pyrrole nitrogens is 1. The molecule has 9 heteroatoms. The van der Waals surface area contributed by atoms with Gasteiger partial charge in [0.25, 0.3) is 0 Å². The average Bonchev–Trinajstić information content (AvgIpc) is 3.54. The second-order valence-electron chi connectivity index (χ2n) is 9.51. The molecular formula is C27H32N6O3. The monoisotopic (exact) mass is 488 g/mol. The zero-order chi connectivity index (χ0) is 25.1. The molecule has 2 fully saturated rings. The molecule has 0 radical (unpaired) electrons. The molecule has 2 saturated heterocycles. The SMILES string of the molecule is CNC(=O)CN1CCC2(CC1)CN(c1ccc(-c3cn[nH]c3)cc1)C(=O)N2Cc1cccc(OC)c1. The predicted octanol–water partition coefficient (Wildman–Crippen LogP) is 3.11. The molecule has 3 aromatic rings. The van der Waals surface area contributed by atoms with Crippen LogP contribution in [0, 0.1) is 0 Å². The van der Waals surface area contributed by atoms with Crippen molar-refractivity contribution < 1.29 is 14.3 Å². The quantitative estimate of drug-likeness (QED) is 0.533. The van der Waals surface area contributed by atoms with E-state index in [-0.39, 0.29) is 17.5 Å². The Morgan fingerprint density at radius 1 is 1.14 bits per heavy atom. The van der Waals surface area contributed by atoms with Crippen LogP contribution in [0.1, 0.15) is 18.4 Å². The summed E-state index contributed by atoms with van der Waals surface area (Å²) in [5, 5.41) is 9.57. The van der Waals surface area contributed by atoms with Gasteiger partial charge in [-0.15, -0.1) is 0 Å². The molecule has 5 rings (SSSR count). The summed E-state index contributed by atoms with van der Waals surface area (Å²) in [6.07, 6.45) is 5.26. The maximum atomic E-state index is 13.9. The van der Waals surface area contributed by atoms with Gasteiger partial charge in [0.15, 0.2) is 0 Å². The van der Waals surface area contributed by atoms with Gasteiger partial charge in [0.05, 0.1) is 31.9 Å². The number of anilines is 1. The van der Waals surface area contributed by atoms with Crippen molar-refractivity contribution in [3.63, 3.8) is 0 Å². The predicted molar refractivity (Wildman–Crippen MR) is 138 cm³/mol. The molecule has 2 N–H and O–H groups in total. The van der Waals surface area contributed by atoms with E-state index >= 15 is 0 Å². The normalized spacial score (nSPS) is 17.6. The summed E-state index contributed by atoms with van der Waals surface area (Å²) < 4.78 is 5.41. The summed E-state index contributed by atoms with van der Waals surface area (Å²) in [6.45, 7) is 3.05. The van der Waals surface area contributed by atoms with Crippen molar-refractivity contribution in [2.45, 2.75) is 24.9 Å². The van der Waals surface area contributed by atoms with Gasteiger partial charge in [-0.1, -0.05) is 24.3 Å². The fourth-order valence-corrected chi connectivity index (χ4v) is 5.27. The molecule has 1 aromatic heterocycles. The molecule has 36 heavy (non-hydrogen) atoms. The molecule has 0 saturated carbocycles. The molecule has 1 spiro atoms. The van der Waals surface area contributed by atoms with Gasteiger partial charge in [-0.2, -0.15) is 5.10 Å². The summed E-state index contributed by atoms with van der Waals surface area (Å²) in [4.78, 5) is 31.9. The van der Waals surface area contributed by atoms with Crippen molar-refractivity contribution in [2.24, 2.45) is 0 Å². The number of aromatic amines is 1. The third kappa shape index (κ3) is 4.66. The molecule has 188 valence electrons. The zero-order valence-corrected chi connectivity index (χ0v) is 20.7. The second kappa shape index (κ2) is 10.0. The molecule has 9 nitrogen and oxygen atoms in total. The highest BCUT2D eigenvalue weighted by molar-refractivity contribution is 5.95. The number of likely N-dealkylation sites (N-methyl/N-ethyl adjacent to an activating group) is 1. The number of urea groups is 1. The van der Waals surface area contributed by atoms with Crippen LogP contribution < -0.4 is 15.0 Å². The first-order valence-corrected chi connectivity index (χ1v) is 12.3. The maximum Gasteiger partial charge on any atom is 0.325 e. The van der Waals surface area contributed by atoms with E-state index in [1.165, 1.54) is 0 Å². The van der Waals surface area contributed by atoms with Crippen LogP contribution in [0.15, 0.2) is 60.9 Å².